The summed E-state index contributed by atoms with van der Waals surface area (Å²) in [7, 11) is 1.64. The predicted octanol–water partition coefficient (Wildman–Crippen LogP) is 0.357. The molecule has 1 saturated carbocycles. The van der Waals surface area contributed by atoms with Gasteiger partial charge in [0, 0.05) is 20.1 Å². The maximum Gasteiger partial charge on any atom is 0.290 e. The van der Waals surface area contributed by atoms with E-state index < -0.39 is 0 Å². The Morgan fingerprint density at radius 1 is 1.43 bits per heavy atom. The molecule has 0 aromatic heterocycles. The van der Waals surface area contributed by atoms with Crippen LogP contribution in [0.15, 0.2) is 0 Å². The number of hydrogen-bond donors (Lipinski definition) is 0. The molecule has 2 aliphatic rings. The number of likely N-dealkylation sites (tertiary alicyclic amines) is 1. The van der Waals surface area contributed by atoms with Gasteiger partial charge in [-0.3, -0.25) is 9.59 Å². The SMILES string of the molecule is COCC1(N2CCC(=O)C2=O)CCC1. The summed E-state index contributed by atoms with van der Waals surface area (Å²) in [5, 5.41) is 0. The minimum absolute atomic E-state index is 0.155. The van der Waals surface area contributed by atoms with Crippen molar-refractivity contribution in [3.63, 3.8) is 0 Å². The molecular formula is C10H15NO3. The molecule has 0 N–H and O–H groups in total. The molecule has 0 aromatic rings. The largest absolute Gasteiger partial charge is 0.382 e. The predicted molar refractivity (Wildman–Crippen MR) is 49.8 cm³/mol. The number of amides is 1. The van der Waals surface area contributed by atoms with Crippen molar-refractivity contribution in [3.8, 4) is 0 Å². The van der Waals surface area contributed by atoms with Crippen LogP contribution in [0, 0.1) is 0 Å². The number of methoxy groups -OCH3 is 1. The summed E-state index contributed by atoms with van der Waals surface area (Å²) in [6.45, 7) is 1.15. The van der Waals surface area contributed by atoms with Crippen LogP contribution >= 0.6 is 0 Å². The fraction of sp³-hybridized carbons (Fsp3) is 0.800. The Hall–Kier alpha value is -0.900. The van der Waals surface area contributed by atoms with Crippen molar-refractivity contribution in [1.82, 2.24) is 4.90 Å². The molecule has 4 nitrogen and oxygen atoms in total. The molecule has 1 amide bonds. The number of rotatable bonds is 3. The number of ketones is 1. The Morgan fingerprint density at radius 3 is 2.50 bits per heavy atom. The minimum atomic E-state index is -0.304. The van der Waals surface area contributed by atoms with Crippen LogP contribution in [0.5, 0.6) is 0 Å². The second-order valence-corrected chi connectivity index (χ2v) is 4.14. The van der Waals surface area contributed by atoms with Crippen molar-refractivity contribution in [3.05, 3.63) is 0 Å². The van der Waals surface area contributed by atoms with E-state index in [-0.39, 0.29) is 17.2 Å². The average molecular weight is 197 g/mol. The van der Waals surface area contributed by atoms with Gasteiger partial charge in [-0.15, -0.1) is 0 Å². The van der Waals surface area contributed by atoms with E-state index in [0.717, 1.165) is 19.3 Å². The number of carbonyl (C=O) groups excluding carboxylic acids is 2. The number of hydrogen-bond acceptors (Lipinski definition) is 3. The average Bonchev–Trinajstić information content (AvgIpc) is 2.42. The van der Waals surface area contributed by atoms with E-state index in [1.54, 1.807) is 12.0 Å². The first-order chi connectivity index (χ1) is 6.69. The van der Waals surface area contributed by atoms with E-state index in [1.165, 1.54) is 0 Å². The standard InChI is InChI=1S/C10H15NO3/c1-14-7-10(4-2-5-10)11-6-3-8(12)9(11)13/h2-7H2,1H3. The number of nitrogens with zero attached hydrogens (tertiary/aromatic N) is 1. The van der Waals surface area contributed by atoms with Crippen LogP contribution < -0.4 is 0 Å². The summed E-state index contributed by atoms with van der Waals surface area (Å²) in [6, 6.07) is 0. The lowest BCUT2D eigenvalue weighted by atomic mass is 9.76. The summed E-state index contributed by atoms with van der Waals surface area (Å²) in [6.07, 6.45) is 3.45. The molecular weight excluding hydrogens is 182 g/mol. The van der Waals surface area contributed by atoms with Gasteiger partial charge in [0.1, 0.15) is 0 Å². The Labute approximate surface area is 83.2 Å². The molecule has 2 fully saturated rings. The van der Waals surface area contributed by atoms with E-state index in [9.17, 15) is 9.59 Å². The first-order valence-electron chi connectivity index (χ1n) is 5.03. The lowest BCUT2D eigenvalue weighted by Crippen LogP contribution is -2.57. The van der Waals surface area contributed by atoms with Gasteiger partial charge in [0.15, 0.2) is 0 Å². The van der Waals surface area contributed by atoms with Crippen LogP contribution in [-0.2, 0) is 14.3 Å². The molecule has 14 heavy (non-hydrogen) atoms. The van der Waals surface area contributed by atoms with Crippen molar-refractivity contribution in [2.75, 3.05) is 20.3 Å². The molecule has 1 saturated heterocycles. The van der Waals surface area contributed by atoms with Crippen LogP contribution in [0.4, 0.5) is 0 Å². The van der Waals surface area contributed by atoms with E-state index in [4.69, 9.17) is 4.74 Å². The highest BCUT2D eigenvalue weighted by Crippen LogP contribution is 2.39. The maximum atomic E-state index is 11.5. The summed E-state index contributed by atoms with van der Waals surface area (Å²) < 4.78 is 5.14. The summed E-state index contributed by atoms with van der Waals surface area (Å²) in [5.41, 5.74) is -0.155. The zero-order chi connectivity index (χ0) is 10.2. The van der Waals surface area contributed by atoms with E-state index in [1.807, 2.05) is 0 Å². The highest BCUT2D eigenvalue weighted by molar-refractivity contribution is 6.38. The van der Waals surface area contributed by atoms with Gasteiger partial charge in [-0.05, 0) is 19.3 Å². The molecule has 1 aliphatic carbocycles. The van der Waals surface area contributed by atoms with E-state index in [2.05, 4.69) is 0 Å². The van der Waals surface area contributed by atoms with Gasteiger partial charge in [0.25, 0.3) is 5.91 Å². The van der Waals surface area contributed by atoms with Crippen LogP contribution in [0.25, 0.3) is 0 Å². The minimum Gasteiger partial charge on any atom is -0.382 e. The monoisotopic (exact) mass is 197 g/mol. The Kier molecular flexibility index (Phi) is 2.31. The third kappa shape index (κ3) is 1.25. The summed E-state index contributed by atoms with van der Waals surface area (Å²) in [5.74, 6) is -0.547. The number of carbonyl (C=O) groups is 2. The van der Waals surface area contributed by atoms with Gasteiger partial charge in [-0.25, -0.2) is 0 Å². The third-order valence-corrected chi connectivity index (χ3v) is 3.32. The van der Waals surface area contributed by atoms with E-state index >= 15 is 0 Å². The Balaban J connectivity index is 2.12. The van der Waals surface area contributed by atoms with Crippen molar-refractivity contribution in [1.29, 1.82) is 0 Å². The lowest BCUT2D eigenvalue weighted by molar-refractivity contribution is -0.148. The van der Waals surface area contributed by atoms with Crippen LogP contribution in [0.3, 0.4) is 0 Å². The molecule has 0 radical (unpaired) electrons. The van der Waals surface area contributed by atoms with Gasteiger partial charge in [0.05, 0.1) is 12.1 Å². The molecule has 0 aromatic carbocycles. The molecule has 1 heterocycles. The molecule has 1 aliphatic heterocycles. The quantitative estimate of drug-likeness (QED) is 0.613. The Bertz CT molecular complexity index is 271. The zero-order valence-electron chi connectivity index (χ0n) is 8.41. The molecule has 4 heteroatoms. The van der Waals surface area contributed by atoms with Crippen molar-refractivity contribution in [2.45, 2.75) is 31.2 Å². The van der Waals surface area contributed by atoms with Gasteiger partial charge in [-0.2, -0.15) is 0 Å². The van der Waals surface area contributed by atoms with Gasteiger partial charge >= 0.3 is 0 Å². The normalized spacial score (nSPS) is 25.4. The molecule has 0 atom stereocenters. The van der Waals surface area contributed by atoms with Gasteiger partial charge in [0.2, 0.25) is 5.78 Å². The highest BCUT2D eigenvalue weighted by atomic mass is 16.5. The molecule has 0 unspecified atom stereocenters. The van der Waals surface area contributed by atoms with E-state index in [0.29, 0.717) is 19.6 Å². The highest BCUT2D eigenvalue weighted by Gasteiger charge is 2.48. The fourth-order valence-corrected chi connectivity index (χ4v) is 2.37. The Morgan fingerprint density at radius 2 is 2.14 bits per heavy atom. The molecule has 78 valence electrons. The first-order valence-corrected chi connectivity index (χ1v) is 5.03. The van der Waals surface area contributed by atoms with Crippen LogP contribution in [0.2, 0.25) is 0 Å². The van der Waals surface area contributed by atoms with Gasteiger partial charge in [-0.1, -0.05) is 0 Å². The van der Waals surface area contributed by atoms with Gasteiger partial charge < -0.3 is 9.64 Å². The molecule has 0 bridgehead atoms. The van der Waals surface area contributed by atoms with Crippen LogP contribution in [0.1, 0.15) is 25.7 Å². The topological polar surface area (TPSA) is 46.6 Å². The molecule has 2 rings (SSSR count). The number of Topliss-reactive ketones (excluding diaryl/α,β-unsaturated/α-hetero) is 1. The zero-order valence-corrected chi connectivity index (χ0v) is 8.41. The molecule has 0 spiro atoms. The fourth-order valence-electron chi connectivity index (χ4n) is 2.37. The second kappa shape index (κ2) is 3.35. The van der Waals surface area contributed by atoms with Crippen molar-refractivity contribution < 1.29 is 14.3 Å². The number of ether oxygens (including phenoxy) is 1. The summed E-state index contributed by atoms with van der Waals surface area (Å²) >= 11 is 0. The maximum absolute atomic E-state index is 11.5. The van der Waals surface area contributed by atoms with Crippen LogP contribution in [-0.4, -0.2) is 42.4 Å². The van der Waals surface area contributed by atoms with Crippen molar-refractivity contribution >= 4 is 11.7 Å². The third-order valence-electron chi connectivity index (χ3n) is 3.32. The van der Waals surface area contributed by atoms with Crippen molar-refractivity contribution in [2.24, 2.45) is 0 Å². The summed E-state index contributed by atoms with van der Waals surface area (Å²) in [4.78, 5) is 24.4. The first kappa shape index (κ1) is 9.65. The lowest BCUT2D eigenvalue weighted by Gasteiger charge is -2.47. The second-order valence-electron chi connectivity index (χ2n) is 4.14. The smallest absolute Gasteiger partial charge is 0.290 e.